The third kappa shape index (κ3) is 3.61. The number of carbonyl (C=O) groups excluding carboxylic acids is 1. The van der Waals surface area contributed by atoms with Crippen LogP contribution in [0.15, 0.2) is 28.7 Å². The van der Waals surface area contributed by atoms with E-state index in [2.05, 4.69) is 16.7 Å². The molecule has 0 atom stereocenters. The van der Waals surface area contributed by atoms with Gasteiger partial charge in [0.25, 0.3) is 0 Å². The van der Waals surface area contributed by atoms with Gasteiger partial charge in [-0.15, -0.1) is 0 Å². The number of benzene rings is 1. The maximum Gasteiger partial charge on any atom is 0.221 e. The summed E-state index contributed by atoms with van der Waals surface area (Å²) in [7, 11) is 0. The molecule has 1 amide bonds. The molecule has 0 saturated heterocycles. The number of hydrogen-bond donors (Lipinski definition) is 2. The monoisotopic (exact) mass is 274 g/mol. The molecule has 1 aromatic heterocycles. The van der Waals surface area contributed by atoms with E-state index in [1.54, 1.807) is 0 Å². The summed E-state index contributed by atoms with van der Waals surface area (Å²) >= 11 is 0. The molecule has 4 heteroatoms. The highest BCUT2D eigenvalue weighted by Crippen LogP contribution is 2.24. The fourth-order valence-corrected chi connectivity index (χ4v) is 2.25. The van der Waals surface area contributed by atoms with Gasteiger partial charge >= 0.3 is 0 Å². The number of rotatable bonds is 6. The quantitative estimate of drug-likeness (QED) is 0.796. The van der Waals surface area contributed by atoms with E-state index >= 15 is 0 Å². The van der Waals surface area contributed by atoms with Crippen LogP contribution in [0.1, 0.15) is 31.6 Å². The van der Waals surface area contributed by atoms with Crippen LogP contribution in [0.4, 0.5) is 0 Å². The molecule has 108 valence electrons. The van der Waals surface area contributed by atoms with E-state index in [-0.39, 0.29) is 11.9 Å². The normalized spacial score (nSPS) is 11.2. The zero-order valence-corrected chi connectivity index (χ0v) is 12.3. The first-order valence-corrected chi connectivity index (χ1v) is 7.05. The summed E-state index contributed by atoms with van der Waals surface area (Å²) in [4.78, 5) is 11.5. The predicted octanol–water partition coefficient (Wildman–Crippen LogP) is 2.75. The summed E-state index contributed by atoms with van der Waals surface area (Å²) in [5, 5.41) is 7.33. The molecule has 0 radical (unpaired) electrons. The summed E-state index contributed by atoms with van der Waals surface area (Å²) in [6, 6.07) is 8.22. The first kappa shape index (κ1) is 14.6. The van der Waals surface area contributed by atoms with Crippen molar-refractivity contribution < 1.29 is 9.21 Å². The molecule has 0 aliphatic carbocycles. The van der Waals surface area contributed by atoms with Gasteiger partial charge in [-0.2, -0.15) is 0 Å². The van der Waals surface area contributed by atoms with Crippen molar-refractivity contribution in [3.63, 3.8) is 0 Å². The largest absolute Gasteiger partial charge is 0.461 e. The average molecular weight is 274 g/mol. The van der Waals surface area contributed by atoms with Gasteiger partial charge in [0, 0.05) is 36.5 Å². The Bertz CT molecular complexity index is 587. The Labute approximate surface area is 119 Å². The number of hydrogen-bond acceptors (Lipinski definition) is 3. The highest BCUT2D eigenvalue weighted by molar-refractivity contribution is 5.82. The zero-order chi connectivity index (χ0) is 14.5. The Morgan fingerprint density at radius 1 is 1.30 bits per heavy atom. The van der Waals surface area contributed by atoms with Crippen LogP contribution in [-0.4, -0.2) is 18.5 Å². The van der Waals surface area contributed by atoms with Crippen LogP contribution < -0.4 is 10.6 Å². The minimum Gasteiger partial charge on any atom is -0.461 e. The van der Waals surface area contributed by atoms with Crippen LogP contribution in [0.5, 0.6) is 0 Å². The number of amides is 1. The van der Waals surface area contributed by atoms with Crippen LogP contribution in [0.2, 0.25) is 0 Å². The molecule has 0 unspecified atom stereocenters. The lowest BCUT2D eigenvalue weighted by Crippen LogP contribution is -2.32. The average Bonchev–Trinajstić information content (AvgIpc) is 2.70. The van der Waals surface area contributed by atoms with Gasteiger partial charge in [0.05, 0.1) is 0 Å². The molecule has 20 heavy (non-hydrogen) atoms. The Hall–Kier alpha value is -1.81. The molecule has 1 aromatic carbocycles. The van der Waals surface area contributed by atoms with Crippen LogP contribution >= 0.6 is 0 Å². The van der Waals surface area contributed by atoms with E-state index in [1.807, 2.05) is 39.0 Å². The maximum atomic E-state index is 11.5. The van der Waals surface area contributed by atoms with Gasteiger partial charge < -0.3 is 15.1 Å². The first-order valence-electron chi connectivity index (χ1n) is 7.05. The topological polar surface area (TPSA) is 54.3 Å². The molecule has 0 fully saturated rings. The number of fused-ring (bicyclic) bond motifs is 1. The summed E-state index contributed by atoms with van der Waals surface area (Å²) in [5.74, 6) is 1.02. The fraction of sp³-hybridized carbons (Fsp3) is 0.438. The van der Waals surface area contributed by atoms with E-state index in [0.29, 0.717) is 13.0 Å². The van der Waals surface area contributed by atoms with Crippen molar-refractivity contribution in [2.45, 2.75) is 39.8 Å². The lowest BCUT2D eigenvalue weighted by Gasteiger charge is -2.08. The van der Waals surface area contributed by atoms with Crippen LogP contribution in [0.25, 0.3) is 11.0 Å². The molecular weight excluding hydrogens is 252 g/mol. The standard InChI is InChI=1S/C16H22N2O2/c1-11(2)18-16(19)8-9-17-10-14-12(3)20-15-7-5-4-6-13(14)15/h4-7,11,17H,8-10H2,1-3H3,(H,18,19). The van der Waals surface area contributed by atoms with Crippen molar-refractivity contribution in [3.8, 4) is 0 Å². The minimum atomic E-state index is 0.0845. The van der Waals surface area contributed by atoms with Crippen LogP contribution in [0, 0.1) is 6.92 Å². The molecule has 0 bridgehead atoms. The molecule has 2 aromatic rings. The van der Waals surface area contributed by atoms with Gasteiger partial charge in [-0.1, -0.05) is 18.2 Å². The van der Waals surface area contributed by atoms with Gasteiger partial charge in [0.2, 0.25) is 5.91 Å². The number of aryl methyl sites for hydroxylation is 1. The van der Waals surface area contributed by atoms with E-state index in [9.17, 15) is 4.79 Å². The van der Waals surface area contributed by atoms with Crippen molar-refractivity contribution in [1.29, 1.82) is 0 Å². The summed E-state index contributed by atoms with van der Waals surface area (Å²) in [5.41, 5.74) is 2.09. The molecule has 1 heterocycles. The van der Waals surface area contributed by atoms with Gasteiger partial charge in [-0.3, -0.25) is 4.79 Å². The van der Waals surface area contributed by atoms with Gasteiger partial charge in [0.15, 0.2) is 0 Å². The second-order valence-electron chi connectivity index (χ2n) is 5.28. The molecule has 2 N–H and O–H groups in total. The SMILES string of the molecule is Cc1oc2ccccc2c1CNCCC(=O)NC(C)C. The lowest BCUT2D eigenvalue weighted by molar-refractivity contribution is -0.121. The van der Waals surface area contributed by atoms with Gasteiger partial charge in [0.1, 0.15) is 11.3 Å². The van der Waals surface area contributed by atoms with Crippen LogP contribution in [-0.2, 0) is 11.3 Å². The minimum absolute atomic E-state index is 0.0845. The van der Waals surface area contributed by atoms with Crippen molar-refractivity contribution in [2.75, 3.05) is 6.54 Å². The van der Waals surface area contributed by atoms with E-state index in [4.69, 9.17) is 4.42 Å². The molecule has 0 saturated carbocycles. The summed E-state index contributed by atoms with van der Waals surface area (Å²) in [6.07, 6.45) is 0.493. The maximum absolute atomic E-state index is 11.5. The molecule has 0 aliphatic rings. The second-order valence-corrected chi connectivity index (χ2v) is 5.28. The Kier molecular flexibility index (Phi) is 4.79. The van der Waals surface area contributed by atoms with E-state index < -0.39 is 0 Å². The van der Waals surface area contributed by atoms with Gasteiger partial charge in [-0.05, 0) is 26.8 Å². The van der Waals surface area contributed by atoms with E-state index in [0.717, 1.165) is 23.3 Å². The highest BCUT2D eigenvalue weighted by atomic mass is 16.3. The number of para-hydroxylation sites is 1. The van der Waals surface area contributed by atoms with E-state index in [1.165, 1.54) is 5.56 Å². The Balaban J connectivity index is 1.87. The zero-order valence-electron chi connectivity index (χ0n) is 12.3. The highest BCUT2D eigenvalue weighted by Gasteiger charge is 2.10. The van der Waals surface area contributed by atoms with Gasteiger partial charge in [-0.25, -0.2) is 0 Å². The summed E-state index contributed by atoms with van der Waals surface area (Å²) in [6.45, 7) is 7.29. The number of furan rings is 1. The number of carbonyl (C=O) groups is 1. The summed E-state index contributed by atoms with van der Waals surface area (Å²) < 4.78 is 5.71. The third-order valence-electron chi connectivity index (χ3n) is 3.18. The van der Waals surface area contributed by atoms with Crippen molar-refractivity contribution in [3.05, 3.63) is 35.6 Å². The molecule has 0 spiro atoms. The molecule has 4 nitrogen and oxygen atoms in total. The number of nitrogens with one attached hydrogen (secondary N) is 2. The smallest absolute Gasteiger partial charge is 0.221 e. The molecule has 2 rings (SSSR count). The van der Waals surface area contributed by atoms with Crippen LogP contribution in [0.3, 0.4) is 0 Å². The third-order valence-corrected chi connectivity index (χ3v) is 3.18. The predicted molar refractivity (Wildman–Crippen MR) is 80.6 cm³/mol. The first-order chi connectivity index (χ1) is 9.58. The molecule has 0 aliphatic heterocycles. The van der Waals surface area contributed by atoms with Crippen molar-refractivity contribution >= 4 is 16.9 Å². The van der Waals surface area contributed by atoms with Crippen molar-refractivity contribution in [2.24, 2.45) is 0 Å². The fourth-order valence-electron chi connectivity index (χ4n) is 2.25. The molecular formula is C16H22N2O2. The Morgan fingerprint density at radius 3 is 2.80 bits per heavy atom. The second kappa shape index (κ2) is 6.57. The van der Waals surface area contributed by atoms with Crippen molar-refractivity contribution in [1.82, 2.24) is 10.6 Å². The Morgan fingerprint density at radius 2 is 2.05 bits per heavy atom. The lowest BCUT2D eigenvalue weighted by atomic mass is 10.1.